The number of hydrogen-bond donors (Lipinski definition) is 1. The van der Waals surface area contributed by atoms with E-state index in [2.05, 4.69) is 23.7 Å². The van der Waals surface area contributed by atoms with Crippen LogP contribution in [0.25, 0.3) is 0 Å². The number of hydrogen-bond acceptors (Lipinski definition) is 3. The Hall–Kier alpha value is -0.730. The van der Waals surface area contributed by atoms with Gasteiger partial charge in [0.25, 0.3) is 0 Å². The number of guanidine groups is 1. The minimum atomic E-state index is 0.574. The number of nitrogens with zero attached hydrogens (tertiary/aromatic N) is 2. The summed E-state index contributed by atoms with van der Waals surface area (Å²) < 4.78 is 0. The van der Waals surface area contributed by atoms with E-state index in [-0.39, 0.29) is 0 Å². The van der Waals surface area contributed by atoms with E-state index < -0.39 is 0 Å². The van der Waals surface area contributed by atoms with E-state index in [9.17, 15) is 0 Å². The van der Waals surface area contributed by atoms with Crippen molar-refractivity contribution < 1.29 is 0 Å². The third kappa shape index (κ3) is 1.64. The number of likely N-dealkylation sites (N-methyl/N-ethyl adjacent to an activating group) is 1. The van der Waals surface area contributed by atoms with Gasteiger partial charge in [-0.05, 0) is 13.3 Å². The van der Waals surface area contributed by atoms with Crippen LogP contribution in [0.4, 0.5) is 0 Å². The molecule has 1 unspecified atom stereocenters. The summed E-state index contributed by atoms with van der Waals surface area (Å²) in [6, 6.07) is 0.574. The first-order valence-corrected chi connectivity index (χ1v) is 4.36. The molecule has 1 aliphatic rings. The van der Waals surface area contributed by atoms with Crippen LogP contribution in [-0.2, 0) is 0 Å². The summed E-state index contributed by atoms with van der Waals surface area (Å²) in [4.78, 5) is 6.39. The molecule has 11 heavy (non-hydrogen) atoms. The molecule has 0 aromatic heterocycles. The fourth-order valence-electron chi connectivity index (χ4n) is 1.58. The molecule has 0 saturated carbocycles. The molecular weight excluding hydrogens is 138 g/mol. The minimum Gasteiger partial charge on any atom is -0.370 e. The van der Waals surface area contributed by atoms with Gasteiger partial charge in [-0.1, -0.05) is 13.3 Å². The van der Waals surface area contributed by atoms with Gasteiger partial charge < -0.3 is 10.6 Å². The molecule has 0 amide bonds. The second-order valence-electron chi connectivity index (χ2n) is 2.93. The molecule has 64 valence electrons. The summed E-state index contributed by atoms with van der Waals surface area (Å²) in [6.07, 6.45) is 2.42. The van der Waals surface area contributed by atoms with Crippen molar-refractivity contribution in [2.75, 3.05) is 13.1 Å². The molecule has 2 N–H and O–H groups in total. The van der Waals surface area contributed by atoms with Crippen molar-refractivity contribution in [1.29, 1.82) is 0 Å². The molecular formula is C8H17N3. The van der Waals surface area contributed by atoms with E-state index in [1.807, 2.05) is 0 Å². The normalized spacial score (nSPS) is 24.0. The van der Waals surface area contributed by atoms with Gasteiger partial charge in [0.15, 0.2) is 5.96 Å². The molecule has 1 heterocycles. The van der Waals surface area contributed by atoms with Gasteiger partial charge in [-0.3, -0.25) is 4.99 Å². The van der Waals surface area contributed by atoms with E-state index in [4.69, 9.17) is 5.73 Å². The fraction of sp³-hybridized carbons (Fsp3) is 0.875. The van der Waals surface area contributed by atoms with Crippen molar-refractivity contribution in [3.8, 4) is 0 Å². The zero-order valence-corrected chi connectivity index (χ0v) is 7.38. The first-order valence-electron chi connectivity index (χ1n) is 4.36. The third-order valence-electron chi connectivity index (χ3n) is 2.16. The van der Waals surface area contributed by atoms with Crippen molar-refractivity contribution >= 4 is 5.96 Å². The van der Waals surface area contributed by atoms with Gasteiger partial charge in [-0.2, -0.15) is 0 Å². The smallest absolute Gasteiger partial charge is 0.191 e. The number of rotatable bonds is 3. The lowest BCUT2D eigenvalue weighted by atomic mass is 10.1. The molecule has 0 aromatic carbocycles. The lowest BCUT2D eigenvalue weighted by Crippen LogP contribution is -2.40. The van der Waals surface area contributed by atoms with Gasteiger partial charge in [0.1, 0.15) is 0 Å². The predicted molar refractivity (Wildman–Crippen MR) is 47.6 cm³/mol. The molecule has 3 heteroatoms. The SMILES string of the molecule is CCCC1CN=C(N)N1CC. The Bertz CT molecular complexity index is 153. The zero-order chi connectivity index (χ0) is 8.27. The van der Waals surface area contributed by atoms with E-state index in [0.29, 0.717) is 6.04 Å². The molecule has 0 bridgehead atoms. The van der Waals surface area contributed by atoms with Gasteiger partial charge in [-0.15, -0.1) is 0 Å². The first-order chi connectivity index (χ1) is 5.29. The summed E-state index contributed by atoms with van der Waals surface area (Å²) in [6.45, 7) is 6.20. The zero-order valence-electron chi connectivity index (χ0n) is 7.38. The highest BCUT2D eigenvalue weighted by Gasteiger charge is 2.22. The van der Waals surface area contributed by atoms with Gasteiger partial charge in [0, 0.05) is 6.54 Å². The molecule has 0 spiro atoms. The minimum absolute atomic E-state index is 0.574. The van der Waals surface area contributed by atoms with Crippen LogP contribution in [0.15, 0.2) is 4.99 Å². The molecule has 1 aliphatic heterocycles. The molecule has 1 atom stereocenters. The van der Waals surface area contributed by atoms with Crippen molar-refractivity contribution in [2.24, 2.45) is 10.7 Å². The van der Waals surface area contributed by atoms with Gasteiger partial charge in [0.05, 0.1) is 12.6 Å². The van der Waals surface area contributed by atoms with E-state index in [0.717, 1.165) is 19.0 Å². The second kappa shape index (κ2) is 3.60. The molecule has 0 aliphatic carbocycles. The van der Waals surface area contributed by atoms with Crippen molar-refractivity contribution in [1.82, 2.24) is 4.90 Å². The van der Waals surface area contributed by atoms with Crippen LogP contribution in [0, 0.1) is 0 Å². The number of nitrogens with two attached hydrogens (primary N) is 1. The van der Waals surface area contributed by atoms with Crippen molar-refractivity contribution in [3.05, 3.63) is 0 Å². The highest BCUT2D eigenvalue weighted by Crippen LogP contribution is 2.12. The topological polar surface area (TPSA) is 41.6 Å². The average Bonchev–Trinajstić information content (AvgIpc) is 2.33. The highest BCUT2D eigenvalue weighted by molar-refractivity contribution is 5.80. The summed E-state index contributed by atoms with van der Waals surface area (Å²) in [7, 11) is 0. The van der Waals surface area contributed by atoms with Crippen LogP contribution in [-0.4, -0.2) is 30.0 Å². The Morgan fingerprint density at radius 2 is 2.36 bits per heavy atom. The highest BCUT2D eigenvalue weighted by atomic mass is 15.3. The van der Waals surface area contributed by atoms with Gasteiger partial charge in [-0.25, -0.2) is 0 Å². The summed E-state index contributed by atoms with van der Waals surface area (Å²) in [5.41, 5.74) is 5.69. The molecule has 0 radical (unpaired) electrons. The monoisotopic (exact) mass is 155 g/mol. The molecule has 0 saturated heterocycles. The van der Waals surface area contributed by atoms with E-state index >= 15 is 0 Å². The van der Waals surface area contributed by atoms with Gasteiger partial charge in [0.2, 0.25) is 0 Å². The van der Waals surface area contributed by atoms with Crippen LogP contribution < -0.4 is 5.73 Å². The third-order valence-corrected chi connectivity index (χ3v) is 2.16. The average molecular weight is 155 g/mol. The molecule has 1 rings (SSSR count). The molecule has 0 aromatic rings. The van der Waals surface area contributed by atoms with Crippen LogP contribution >= 0.6 is 0 Å². The molecule has 0 fully saturated rings. The Kier molecular flexibility index (Phi) is 2.74. The Balaban J connectivity index is 2.46. The Labute approximate surface area is 68.3 Å². The largest absolute Gasteiger partial charge is 0.370 e. The van der Waals surface area contributed by atoms with Crippen LogP contribution in [0.5, 0.6) is 0 Å². The van der Waals surface area contributed by atoms with Crippen LogP contribution in [0.1, 0.15) is 26.7 Å². The van der Waals surface area contributed by atoms with Crippen molar-refractivity contribution in [2.45, 2.75) is 32.7 Å². The lowest BCUT2D eigenvalue weighted by molar-refractivity contribution is 0.336. The summed E-state index contributed by atoms with van der Waals surface area (Å²) in [5, 5.41) is 0. The standard InChI is InChI=1S/C8H17N3/c1-3-5-7-6-10-8(9)11(7)4-2/h7H,3-6H2,1-2H3,(H2,9,10). The van der Waals surface area contributed by atoms with E-state index in [1.165, 1.54) is 12.8 Å². The van der Waals surface area contributed by atoms with E-state index in [1.54, 1.807) is 0 Å². The Morgan fingerprint density at radius 3 is 2.91 bits per heavy atom. The Morgan fingerprint density at radius 1 is 1.64 bits per heavy atom. The van der Waals surface area contributed by atoms with Crippen molar-refractivity contribution in [3.63, 3.8) is 0 Å². The maximum absolute atomic E-state index is 5.69. The second-order valence-corrected chi connectivity index (χ2v) is 2.93. The van der Waals surface area contributed by atoms with Crippen LogP contribution in [0.3, 0.4) is 0 Å². The summed E-state index contributed by atoms with van der Waals surface area (Å²) in [5.74, 6) is 0.728. The van der Waals surface area contributed by atoms with Crippen LogP contribution in [0.2, 0.25) is 0 Å². The first kappa shape index (κ1) is 8.37. The predicted octanol–water partition coefficient (Wildman–Crippen LogP) is 0.805. The maximum atomic E-state index is 5.69. The maximum Gasteiger partial charge on any atom is 0.191 e. The lowest BCUT2D eigenvalue weighted by Gasteiger charge is -2.23. The number of aliphatic imine (C=N–C) groups is 1. The summed E-state index contributed by atoms with van der Waals surface area (Å²) >= 11 is 0. The fourth-order valence-corrected chi connectivity index (χ4v) is 1.58. The van der Waals surface area contributed by atoms with Gasteiger partial charge >= 0.3 is 0 Å². The molecule has 3 nitrogen and oxygen atoms in total. The quantitative estimate of drug-likeness (QED) is 0.655.